The van der Waals surface area contributed by atoms with Crippen LogP contribution in [-0.2, 0) is 6.54 Å². The first-order chi connectivity index (χ1) is 8.54. The van der Waals surface area contributed by atoms with Gasteiger partial charge in [-0.2, -0.15) is 0 Å². The van der Waals surface area contributed by atoms with Crippen LogP contribution in [0, 0.1) is 0 Å². The molecular weight excluding hydrogens is 244 g/mol. The lowest BCUT2D eigenvalue weighted by atomic mass is 10.0. The molecule has 1 fully saturated rings. The molecule has 100 valence electrons. The first kappa shape index (κ1) is 13.7. The second kappa shape index (κ2) is 5.50. The van der Waals surface area contributed by atoms with Gasteiger partial charge in [0, 0.05) is 29.3 Å². The number of halogens is 1. The summed E-state index contributed by atoms with van der Waals surface area (Å²) in [5, 5.41) is 4.18. The summed E-state index contributed by atoms with van der Waals surface area (Å²) in [6, 6.07) is 6.46. The van der Waals surface area contributed by atoms with Gasteiger partial charge in [-0.3, -0.25) is 0 Å². The number of hydrogen-bond acceptors (Lipinski definition) is 2. The fourth-order valence-electron chi connectivity index (χ4n) is 2.69. The molecule has 0 bridgehead atoms. The van der Waals surface area contributed by atoms with E-state index in [1.807, 2.05) is 0 Å². The zero-order valence-electron chi connectivity index (χ0n) is 11.6. The van der Waals surface area contributed by atoms with Crippen LogP contribution in [0.15, 0.2) is 18.2 Å². The first-order valence-electron chi connectivity index (χ1n) is 6.81. The fourth-order valence-corrected chi connectivity index (χ4v) is 2.93. The van der Waals surface area contributed by atoms with E-state index in [9.17, 15) is 0 Å². The minimum atomic E-state index is 0.256. The summed E-state index contributed by atoms with van der Waals surface area (Å²) in [5.74, 6) is 0. The van der Waals surface area contributed by atoms with Crippen LogP contribution in [-0.4, -0.2) is 18.6 Å². The van der Waals surface area contributed by atoms with Gasteiger partial charge in [0.2, 0.25) is 0 Å². The van der Waals surface area contributed by atoms with Crippen molar-refractivity contribution in [3.63, 3.8) is 0 Å². The highest BCUT2D eigenvalue weighted by Crippen LogP contribution is 2.35. The molecule has 1 aromatic carbocycles. The molecule has 1 N–H and O–H groups in total. The smallest absolute Gasteiger partial charge is 0.0471 e. The summed E-state index contributed by atoms with van der Waals surface area (Å²) >= 11 is 6.37. The summed E-state index contributed by atoms with van der Waals surface area (Å²) in [6.45, 7) is 9.67. The molecule has 0 aromatic heterocycles. The molecule has 1 aliphatic rings. The molecule has 18 heavy (non-hydrogen) atoms. The van der Waals surface area contributed by atoms with E-state index in [2.05, 4.69) is 49.2 Å². The molecule has 0 amide bonds. The Morgan fingerprint density at radius 1 is 1.39 bits per heavy atom. The number of benzene rings is 1. The molecule has 2 nitrogen and oxygen atoms in total. The van der Waals surface area contributed by atoms with E-state index in [1.165, 1.54) is 24.1 Å². The molecule has 2 rings (SSSR count). The van der Waals surface area contributed by atoms with Crippen LogP contribution in [0.2, 0.25) is 5.02 Å². The predicted molar refractivity (Wildman–Crippen MR) is 79.5 cm³/mol. The highest BCUT2D eigenvalue weighted by atomic mass is 35.5. The van der Waals surface area contributed by atoms with Gasteiger partial charge >= 0.3 is 0 Å². The Hall–Kier alpha value is -0.730. The van der Waals surface area contributed by atoms with E-state index in [1.54, 1.807) is 0 Å². The van der Waals surface area contributed by atoms with Gasteiger partial charge < -0.3 is 10.2 Å². The van der Waals surface area contributed by atoms with Crippen LogP contribution >= 0.6 is 11.6 Å². The van der Waals surface area contributed by atoms with Gasteiger partial charge in [0.05, 0.1) is 0 Å². The monoisotopic (exact) mass is 266 g/mol. The Kier molecular flexibility index (Phi) is 4.18. The lowest BCUT2D eigenvalue weighted by molar-refractivity contribution is 0.518. The lowest BCUT2D eigenvalue weighted by Crippen LogP contribution is -2.38. The predicted octanol–water partition coefficient (Wildman–Crippen LogP) is 3.83. The molecule has 0 unspecified atom stereocenters. The lowest BCUT2D eigenvalue weighted by Gasteiger charge is -2.34. The summed E-state index contributed by atoms with van der Waals surface area (Å²) in [6.07, 6.45) is 2.52. The summed E-state index contributed by atoms with van der Waals surface area (Å²) in [5.41, 5.74) is 2.69. The number of hydrogen-bond donors (Lipinski definition) is 1. The summed E-state index contributed by atoms with van der Waals surface area (Å²) < 4.78 is 0. The van der Waals surface area contributed by atoms with Crippen molar-refractivity contribution in [2.45, 2.75) is 45.7 Å². The Morgan fingerprint density at radius 2 is 2.17 bits per heavy atom. The Balaban J connectivity index is 2.18. The minimum Gasteiger partial charge on any atom is -0.366 e. The highest BCUT2D eigenvalue weighted by molar-refractivity contribution is 6.31. The molecule has 1 aromatic rings. The van der Waals surface area contributed by atoms with Gasteiger partial charge in [0.1, 0.15) is 0 Å². The maximum Gasteiger partial charge on any atom is 0.0471 e. The Morgan fingerprint density at radius 3 is 2.72 bits per heavy atom. The third-order valence-electron chi connectivity index (χ3n) is 3.81. The van der Waals surface area contributed by atoms with Crippen molar-refractivity contribution in [2.24, 2.45) is 0 Å². The van der Waals surface area contributed by atoms with Crippen molar-refractivity contribution < 1.29 is 0 Å². The number of anilines is 1. The fraction of sp³-hybridized carbons (Fsp3) is 0.600. The topological polar surface area (TPSA) is 15.3 Å². The molecule has 0 saturated carbocycles. The van der Waals surface area contributed by atoms with E-state index in [0.717, 1.165) is 24.7 Å². The van der Waals surface area contributed by atoms with E-state index >= 15 is 0 Å². The normalized spacial score (nSPS) is 18.3. The molecule has 0 aliphatic carbocycles. The number of rotatable bonds is 4. The molecule has 0 spiro atoms. The van der Waals surface area contributed by atoms with Crippen molar-refractivity contribution in [1.82, 2.24) is 5.32 Å². The van der Waals surface area contributed by atoms with Crippen molar-refractivity contribution in [1.29, 1.82) is 0 Å². The third kappa shape index (κ3) is 2.81. The average molecular weight is 267 g/mol. The van der Waals surface area contributed by atoms with Crippen molar-refractivity contribution >= 4 is 17.3 Å². The Bertz CT molecular complexity index is 415. The largest absolute Gasteiger partial charge is 0.366 e. The summed E-state index contributed by atoms with van der Waals surface area (Å²) in [4.78, 5) is 2.47. The molecule has 0 atom stereocenters. The molecule has 1 saturated heterocycles. The van der Waals surface area contributed by atoms with Crippen molar-refractivity contribution in [3.8, 4) is 0 Å². The molecule has 1 aliphatic heterocycles. The zero-order valence-corrected chi connectivity index (χ0v) is 12.3. The zero-order chi connectivity index (χ0) is 13.2. The van der Waals surface area contributed by atoms with Crippen molar-refractivity contribution in [3.05, 3.63) is 28.8 Å². The van der Waals surface area contributed by atoms with Crippen LogP contribution in [0.25, 0.3) is 0 Å². The average Bonchev–Trinajstić information content (AvgIpc) is 2.67. The summed E-state index contributed by atoms with van der Waals surface area (Å²) in [7, 11) is 0. The minimum absolute atomic E-state index is 0.256. The van der Waals surface area contributed by atoms with E-state index in [-0.39, 0.29) is 5.54 Å². The molecular formula is C15H23ClN2. The van der Waals surface area contributed by atoms with Gasteiger partial charge in [-0.15, -0.1) is 0 Å². The standard InChI is InChI=1S/C15H23ClN2/c1-4-17-11-12-6-7-13(10-14(12)16)18-9-5-8-15(18,2)3/h6-7,10,17H,4-5,8-9,11H2,1-3H3. The molecule has 0 radical (unpaired) electrons. The van der Waals surface area contributed by atoms with Crippen LogP contribution in [0.3, 0.4) is 0 Å². The van der Waals surface area contributed by atoms with Crippen molar-refractivity contribution in [2.75, 3.05) is 18.0 Å². The number of nitrogens with one attached hydrogen (secondary N) is 1. The van der Waals surface area contributed by atoms with Gasteiger partial charge in [-0.1, -0.05) is 24.6 Å². The van der Waals surface area contributed by atoms with Gasteiger partial charge in [-0.05, 0) is 50.9 Å². The van der Waals surface area contributed by atoms with Crippen LogP contribution in [0.4, 0.5) is 5.69 Å². The number of nitrogens with zero attached hydrogens (tertiary/aromatic N) is 1. The highest BCUT2D eigenvalue weighted by Gasteiger charge is 2.31. The van der Waals surface area contributed by atoms with Gasteiger partial charge in [-0.25, -0.2) is 0 Å². The van der Waals surface area contributed by atoms with Gasteiger partial charge in [0.25, 0.3) is 0 Å². The Labute approximate surface area is 115 Å². The first-order valence-corrected chi connectivity index (χ1v) is 7.19. The van der Waals surface area contributed by atoms with Crippen LogP contribution < -0.4 is 10.2 Å². The second-order valence-corrected chi connectivity index (χ2v) is 6.03. The SMILES string of the molecule is CCNCc1ccc(N2CCCC2(C)C)cc1Cl. The molecule has 3 heteroatoms. The second-order valence-electron chi connectivity index (χ2n) is 5.62. The van der Waals surface area contributed by atoms with Gasteiger partial charge in [0.15, 0.2) is 0 Å². The molecule has 1 heterocycles. The quantitative estimate of drug-likeness (QED) is 0.891. The third-order valence-corrected chi connectivity index (χ3v) is 4.17. The van der Waals surface area contributed by atoms with E-state index < -0.39 is 0 Å². The van der Waals surface area contributed by atoms with Crippen LogP contribution in [0.1, 0.15) is 39.2 Å². The maximum atomic E-state index is 6.37. The van der Waals surface area contributed by atoms with E-state index in [4.69, 9.17) is 11.6 Å². The maximum absolute atomic E-state index is 6.37. The van der Waals surface area contributed by atoms with Crippen LogP contribution in [0.5, 0.6) is 0 Å². The van der Waals surface area contributed by atoms with E-state index in [0.29, 0.717) is 0 Å².